The van der Waals surface area contributed by atoms with Gasteiger partial charge in [-0.1, -0.05) is 31.0 Å². The third-order valence-corrected chi connectivity index (χ3v) is 7.09. The lowest BCUT2D eigenvalue weighted by atomic mass is 9.96. The van der Waals surface area contributed by atoms with Crippen molar-refractivity contribution in [1.82, 2.24) is 14.9 Å². The van der Waals surface area contributed by atoms with Gasteiger partial charge in [0.2, 0.25) is 0 Å². The minimum absolute atomic E-state index is 0.1000. The molecule has 2 fully saturated rings. The van der Waals surface area contributed by atoms with E-state index in [9.17, 15) is 5.11 Å². The van der Waals surface area contributed by atoms with E-state index in [1.165, 1.54) is 42.6 Å². The summed E-state index contributed by atoms with van der Waals surface area (Å²) in [5.74, 6) is 0.225. The average Bonchev–Trinajstić information content (AvgIpc) is 3.47. The minimum Gasteiger partial charge on any atom is -0.506 e. The van der Waals surface area contributed by atoms with Crippen LogP contribution < -0.4 is 10.2 Å². The second kappa shape index (κ2) is 8.00. The van der Waals surface area contributed by atoms with Gasteiger partial charge in [-0.2, -0.15) is 0 Å². The molecule has 1 aliphatic heterocycles. The molecule has 1 saturated heterocycles. The van der Waals surface area contributed by atoms with Gasteiger partial charge in [-0.15, -0.1) is 0 Å². The van der Waals surface area contributed by atoms with Crippen LogP contribution in [0.3, 0.4) is 0 Å². The van der Waals surface area contributed by atoms with E-state index in [1.54, 1.807) is 6.07 Å². The Kier molecular flexibility index (Phi) is 5.18. The van der Waals surface area contributed by atoms with Crippen molar-refractivity contribution in [1.29, 1.82) is 0 Å². The van der Waals surface area contributed by atoms with Gasteiger partial charge >= 0.3 is 0 Å². The number of aryl methyl sites for hydroxylation is 1. The van der Waals surface area contributed by atoms with E-state index >= 15 is 0 Å². The van der Waals surface area contributed by atoms with Crippen LogP contribution in [0.2, 0.25) is 0 Å². The summed E-state index contributed by atoms with van der Waals surface area (Å²) < 4.78 is 2.52. The minimum atomic E-state index is -0.106. The van der Waals surface area contributed by atoms with E-state index in [0.29, 0.717) is 16.8 Å². The van der Waals surface area contributed by atoms with Crippen molar-refractivity contribution in [2.24, 2.45) is 0 Å². The Hall–Kier alpha value is -2.86. The maximum Gasteiger partial charge on any atom is 0.174 e. The zero-order chi connectivity index (χ0) is 21.5. The fourth-order valence-corrected chi connectivity index (χ4v) is 5.76. The van der Waals surface area contributed by atoms with E-state index in [1.807, 2.05) is 42.6 Å². The molecule has 2 N–H and O–H groups in total. The maximum absolute atomic E-state index is 10.7. The van der Waals surface area contributed by atoms with Crippen LogP contribution in [0.5, 0.6) is 5.75 Å². The topological polar surface area (TPSA) is 53.3 Å². The number of thiocarbonyl (C=S) groups is 1. The van der Waals surface area contributed by atoms with Crippen LogP contribution in [-0.4, -0.2) is 19.8 Å². The van der Waals surface area contributed by atoms with Crippen LogP contribution in [-0.2, 0) is 0 Å². The van der Waals surface area contributed by atoms with Gasteiger partial charge in [0.05, 0.1) is 23.5 Å². The number of nitrogens with one attached hydrogen (secondary N) is 1. The molecular formula is C25H28N4OS. The summed E-state index contributed by atoms with van der Waals surface area (Å²) in [5.41, 5.74) is 5.46. The van der Waals surface area contributed by atoms with Gasteiger partial charge in [0.15, 0.2) is 5.11 Å². The predicted molar refractivity (Wildman–Crippen MR) is 127 cm³/mol. The van der Waals surface area contributed by atoms with Crippen LogP contribution >= 0.6 is 12.2 Å². The fourth-order valence-electron chi connectivity index (χ4n) is 5.42. The maximum atomic E-state index is 10.7. The monoisotopic (exact) mass is 432 g/mol. The Morgan fingerprint density at radius 2 is 1.81 bits per heavy atom. The number of aromatic hydroxyl groups is 1. The van der Waals surface area contributed by atoms with Crippen molar-refractivity contribution in [3.63, 3.8) is 0 Å². The van der Waals surface area contributed by atoms with Gasteiger partial charge in [0, 0.05) is 23.6 Å². The first-order chi connectivity index (χ1) is 15.1. The van der Waals surface area contributed by atoms with Crippen molar-refractivity contribution in [2.75, 3.05) is 4.90 Å². The normalized spacial score (nSPS) is 21.6. The molecule has 31 heavy (non-hydrogen) atoms. The number of hydrogen-bond donors (Lipinski definition) is 2. The molecule has 3 aromatic rings. The molecule has 5 rings (SSSR count). The predicted octanol–water partition coefficient (Wildman–Crippen LogP) is 5.50. The highest BCUT2D eigenvalue weighted by molar-refractivity contribution is 7.80. The first kappa shape index (κ1) is 20.1. The van der Waals surface area contributed by atoms with Crippen LogP contribution in [0, 0.1) is 13.8 Å². The molecule has 160 valence electrons. The summed E-state index contributed by atoms with van der Waals surface area (Å²) in [5, 5.41) is 14.8. The Labute approximate surface area is 188 Å². The zero-order valence-electron chi connectivity index (χ0n) is 18.0. The number of phenolic OH excluding ortho intramolecular Hbond substituents is 1. The smallest absolute Gasteiger partial charge is 0.174 e. The van der Waals surface area contributed by atoms with Crippen LogP contribution in [0.4, 0.5) is 5.69 Å². The number of nitrogens with zero attached hydrogens (tertiary/aromatic N) is 3. The van der Waals surface area contributed by atoms with Crippen LogP contribution in [0.15, 0.2) is 54.7 Å². The Bertz CT molecular complexity index is 1100. The molecular weight excluding hydrogens is 404 g/mol. The number of para-hydroxylation sites is 2. The number of rotatable bonds is 4. The quantitative estimate of drug-likeness (QED) is 0.533. The lowest BCUT2D eigenvalue weighted by molar-refractivity contribution is 0.472. The Morgan fingerprint density at radius 3 is 2.52 bits per heavy atom. The molecule has 0 unspecified atom stereocenters. The van der Waals surface area contributed by atoms with Crippen LogP contribution in [0.1, 0.15) is 66.5 Å². The highest BCUT2D eigenvalue weighted by Gasteiger charge is 2.43. The van der Waals surface area contributed by atoms with Crippen molar-refractivity contribution in [3.8, 4) is 5.75 Å². The second-order valence-corrected chi connectivity index (χ2v) is 9.01. The molecule has 1 aromatic carbocycles. The lowest BCUT2D eigenvalue weighted by Crippen LogP contribution is -2.29. The molecule has 2 atom stereocenters. The molecule has 0 radical (unpaired) electrons. The van der Waals surface area contributed by atoms with Gasteiger partial charge in [-0.25, -0.2) is 0 Å². The largest absolute Gasteiger partial charge is 0.506 e. The summed E-state index contributed by atoms with van der Waals surface area (Å²) in [6.07, 6.45) is 6.90. The Morgan fingerprint density at radius 1 is 1.06 bits per heavy atom. The van der Waals surface area contributed by atoms with Gasteiger partial charge in [-0.3, -0.25) is 4.98 Å². The molecule has 2 aromatic heterocycles. The van der Waals surface area contributed by atoms with Gasteiger partial charge < -0.3 is 19.9 Å². The molecule has 1 aliphatic carbocycles. The zero-order valence-corrected chi connectivity index (χ0v) is 18.8. The standard InChI is InChI=1S/C25H28N4OS/c1-16-15-19(17(2)28(16)18-9-3-4-10-18)24-23(20-11-7-8-14-26-20)27-25(31)29(24)21-12-5-6-13-22(21)30/h5-8,11-15,18,23-24,30H,3-4,9-10H2,1-2H3,(H,27,31)/t23-,24+/m0/s1. The van der Waals surface area contributed by atoms with Crippen molar-refractivity contribution in [2.45, 2.75) is 57.7 Å². The van der Waals surface area contributed by atoms with Crippen molar-refractivity contribution < 1.29 is 5.11 Å². The van der Waals surface area contributed by atoms with Gasteiger partial charge in [0.25, 0.3) is 0 Å². The van der Waals surface area contributed by atoms with Crippen molar-refractivity contribution in [3.05, 3.63) is 77.4 Å². The van der Waals surface area contributed by atoms with E-state index in [0.717, 1.165) is 5.69 Å². The third kappa shape index (κ3) is 3.39. The number of aromatic nitrogens is 2. The van der Waals surface area contributed by atoms with E-state index in [2.05, 4.69) is 39.7 Å². The summed E-state index contributed by atoms with van der Waals surface area (Å²) in [4.78, 5) is 6.70. The molecule has 0 spiro atoms. The molecule has 0 bridgehead atoms. The second-order valence-electron chi connectivity index (χ2n) is 8.62. The Balaban J connectivity index is 1.66. The molecule has 1 saturated carbocycles. The summed E-state index contributed by atoms with van der Waals surface area (Å²) in [7, 11) is 0. The third-order valence-electron chi connectivity index (χ3n) is 6.77. The average molecular weight is 433 g/mol. The molecule has 5 nitrogen and oxygen atoms in total. The first-order valence-corrected chi connectivity index (χ1v) is 11.4. The number of pyridine rings is 1. The number of benzene rings is 1. The number of hydrogen-bond acceptors (Lipinski definition) is 3. The SMILES string of the molecule is Cc1cc([C@@H]2[C@H](c3ccccn3)NC(=S)N2c2ccccc2O)c(C)n1C1CCCC1. The molecule has 6 heteroatoms. The number of phenols is 1. The highest BCUT2D eigenvalue weighted by Crippen LogP contribution is 2.46. The summed E-state index contributed by atoms with van der Waals surface area (Å²) in [6.45, 7) is 4.43. The van der Waals surface area contributed by atoms with Crippen molar-refractivity contribution >= 4 is 23.0 Å². The van der Waals surface area contributed by atoms with Gasteiger partial charge in [-0.05, 0) is 74.8 Å². The van der Waals surface area contributed by atoms with E-state index in [4.69, 9.17) is 12.2 Å². The summed E-state index contributed by atoms with van der Waals surface area (Å²) >= 11 is 5.80. The molecule has 0 amide bonds. The highest BCUT2D eigenvalue weighted by atomic mass is 32.1. The fraction of sp³-hybridized carbons (Fsp3) is 0.360. The number of anilines is 1. The van der Waals surface area contributed by atoms with E-state index in [-0.39, 0.29) is 17.8 Å². The first-order valence-electron chi connectivity index (χ1n) is 11.0. The summed E-state index contributed by atoms with van der Waals surface area (Å²) in [6, 6.07) is 16.1. The van der Waals surface area contributed by atoms with E-state index < -0.39 is 0 Å². The molecule has 3 heterocycles. The molecule has 2 aliphatic rings. The van der Waals surface area contributed by atoms with Gasteiger partial charge in [0.1, 0.15) is 5.75 Å². The van der Waals surface area contributed by atoms with Crippen LogP contribution in [0.25, 0.3) is 0 Å². The lowest BCUT2D eigenvalue weighted by Gasteiger charge is -2.29.